The number of benzene rings is 2. The summed E-state index contributed by atoms with van der Waals surface area (Å²) in [6, 6.07) is 16.7. The maximum Gasteiger partial charge on any atom is 0.251 e. The smallest absolute Gasteiger partial charge is 0.251 e. The van der Waals surface area contributed by atoms with E-state index in [-0.39, 0.29) is 11.8 Å². The molecular weight excluding hydrogens is 386 g/mol. The van der Waals surface area contributed by atoms with Crippen molar-refractivity contribution in [1.29, 1.82) is 0 Å². The van der Waals surface area contributed by atoms with Crippen LogP contribution >= 0.6 is 11.3 Å². The summed E-state index contributed by atoms with van der Waals surface area (Å²) in [5.41, 5.74) is 2.44. The maximum absolute atomic E-state index is 12.2. The van der Waals surface area contributed by atoms with Crippen LogP contribution in [0.15, 0.2) is 54.6 Å². The van der Waals surface area contributed by atoms with Gasteiger partial charge in [-0.05, 0) is 49.7 Å². The van der Waals surface area contributed by atoms with Gasteiger partial charge in [0.2, 0.25) is 5.91 Å². The highest BCUT2D eigenvalue weighted by atomic mass is 32.1. The molecule has 0 saturated carbocycles. The Morgan fingerprint density at radius 3 is 2.48 bits per heavy atom. The third kappa shape index (κ3) is 5.65. The number of carbonyl (C=O) groups excluding carboxylic acids is 2. The number of nitrogens with one attached hydrogen (secondary N) is 2. The number of methoxy groups -OCH3 is 1. The van der Waals surface area contributed by atoms with E-state index in [1.807, 2.05) is 49.4 Å². The number of hydrogen-bond donors (Lipinski definition) is 2. The van der Waals surface area contributed by atoms with Gasteiger partial charge in [-0.25, -0.2) is 4.98 Å². The van der Waals surface area contributed by atoms with Crippen LogP contribution in [0.1, 0.15) is 28.1 Å². The van der Waals surface area contributed by atoms with Crippen LogP contribution in [0.25, 0.3) is 11.3 Å². The van der Waals surface area contributed by atoms with Crippen LogP contribution in [0.4, 0.5) is 5.13 Å². The lowest BCUT2D eigenvalue weighted by Gasteiger charge is -2.05. The van der Waals surface area contributed by atoms with Gasteiger partial charge in [-0.2, -0.15) is 0 Å². The predicted molar refractivity (Wildman–Crippen MR) is 115 cm³/mol. The molecule has 6 nitrogen and oxygen atoms in total. The standard InChI is InChI=1S/C22H23N3O3S/c1-15-20(16-10-12-18(28-2)13-11-16)25-22(29-15)24-19(26)9-6-14-23-21(27)17-7-4-3-5-8-17/h3-5,7-8,10-13H,6,9,14H2,1-2H3,(H,23,27)(H,24,25,26). The first-order valence-corrected chi connectivity index (χ1v) is 10.1. The van der Waals surface area contributed by atoms with E-state index in [0.29, 0.717) is 30.1 Å². The summed E-state index contributed by atoms with van der Waals surface area (Å²) in [7, 11) is 1.63. The van der Waals surface area contributed by atoms with Gasteiger partial charge in [0, 0.05) is 29.0 Å². The Labute approximate surface area is 173 Å². The van der Waals surface area contributed by atoms with E-state index in [2.05, 4.69) is 15.6 Å². The van der Waals surface area contributed by atoms with Crippen LogP contribution in [0.2, 0.25) is 0 Å². The average molecular weight is 410 g/mol. The molecule has 0 aliphatic carbocycles. The Bertz CT molecular complexity index is 969. The van der Waals surface area contributed by atoms with Gasteiger partial charge in [-0.1, -0.05) is 18.2 Å². The van der Waals surface area contributed by atoms with Crippen molar-refractivity contribution in [3.63, 3.8) is 0 Å². The molecule has 3 aromatic rings. The van der Waals surface area contributed by atoms with Crippen molar-refractivity contribution in [2.75, 3.05) is 19.0 Å². The maximum atomic E-state index is 12.2. The predicted octanol–water partition coefficient (Wildman–Crippen LogP) is 4.28. The Kier molecular flexibility index (Phi) is 6.97. The second-order valence-electron chi connectivity index (χ2n) is 6.43. The molecule has 3 rings (SSSR count). The quantitative estimate of drug-likeness (QED) is 0.544. The number of aromatic nitrogens is 1. The minimum atomic E-state index is -0.134. The minimum absolute atomic E-state index is 0.117. The van der Waals surface area contributed by atoms with Gasteiger partial charge in [0.1, 0.15) is 5.75 Å². The van der Waals surface area contributed by atoms with Gasteiger partial charge in [0.15, 0.2) is 5.13 Å². The van der Waals surface area contributed by atoms with Gasteiger partial charge < -0.3 is 15.4 Å². The molecule has 7 heteroatoms. The Balaban J connectivity index is 1.47. The van der Waals surface area contributed by atoms with Crippen molar-refractivity contribution in [1.82, 2.24) is 10.3 Å². The molecule has 0 fully saturated rings. The molecule has 0 radical (unpaired) electrons. The molecule has 0 aliphatic rings. The fraction of sp³-hybridized carbons (Fsp3) is 0.227. The number of anilines is 1. The highest BCUT2D eigenvalue weighted by Crippen LogP contribution is 2.31. The summed E-state index contributed by atoms with van der Waals surface area (Å²) in [6.45, 7) is 2.42. The van der Waals surface area contributed by atoms with Gasteiger partial charge >= 0.3 is 0 Å². The molecule has 150 valence electrons. The van der Waals surface area contributed by atoms with Gasteiger partial charge in [-0.15, -0.1) is 11.3 Å². The molecule has 0 bridgehead atoms. The molecule has 1 aromatic heterocycles. The number of nitrogens with zero attached hydrogens (tertiary/aromatic N) is 1. The van der Waals surface area contributed by atoms with Crippen molar-refractivity contribution in [2.45, 2.75) is 19.8 Å². The van der Waals surface area contributed by atoms with Crippen molar-refractivity contribution in [3.05, 3.63) is 65.0 Å². The summed E-state index contributed by atoms with van der Waals surface area (Å²) < 4.78 is 5.18. The third-order valence-electron chi connectivity index (χ3n) is 4.31. The topological polar surface area (TPSA) is 80.3 Å². The van der Waals surface area contributed by atoms with E-state index in [4.69, 9.17) is 4.74 Å². The SMILES string of the molecule is COc1ccc(-c2nc(NC(=O)CCCNC(=O)c3ccccc3)sc2C)cc1. The molecule has 0 aliphatic heterocycles. The van der Waals surface area contributed by atoms with Crippen LogP contribution in [0.3, 0.4) is 0 Å². The first-order valence-electron chi connectivity index (χ1n) is 9.32. The first-order chi connectivity index (χ1) is 14.1. The highest BCUT2D eigenvalue weighted by Gasteiger charge is 2.12. The normalized spacial score (nSPS) is 10.4. The molecule has 1 heterocycles. The molecule has 0 spiro atoms. The average Bonchev–Trinajstić information content (AvgIpc) is 3.11. The van der Waals surface area contributed by atoms with Crippen LogP contribution in [-0.2, 0) is 4.79 Å². The van der Waals surface area contributed by atoms with Crippen molar-refractivity contribution in [2.24, 2.45) is 0 Å². The Hall–Kier alpha value is -3.19. The van der Waals surface area contributed by atoms with Crippen LogP contribution < -0.4 is 15.4 Å². The third-order valence-corrected chi connectivity index (χ3v) is 5.19. The second-order valence-corrected chi connectivity index (χ2v) is 7.63. The van der Waals surface area contributed by atoms with E-state index in [1.165, 1.54) is 11.3 Å². The number of aryl methyl sites for hydroxylation is 1. The number of ether oxygens (including phenoxy) is 1. The van der Waals surface area contributed by atoms with Gasteiger partial charge in [0.05, 0.1) is 12.8 Å². The largest absolute Gasteiger partial charge is 0.497 e. The lowest BCUT2D eigenvalue weighted by molar-refractivity contribution is -0.116. The molecule has 0 atom stereocenters. The summed E-state index contributed by atoms with van der Waals surface area (Å²) in [4.78, 5) is 29.7. The lowest BCUT2D eigenvalue weighted by atomic mass is 10.1. The van der Waals surface area contributed by atoms with E-state index < -0.39 is 0 Å². The zero-order valence-electron chi connectivity index (χ0n) is 16.4. The van der Waals surface area contributed by atoms with Crippen LogP contribution in [-0.4, -0.2) is 30.5 Å². The minimum Gasteiger partial charge on any atom is -0.497 e. The monoisotopic (exact) mass is 409 g/mol. The zero-order valence-corrected chi connectivity index (χ0v) is 17.2. The Morgan fingerprint density at radius 1 is 1.07 bits per heavy atom. The summed E-state index contributed by atoms with van der Waals surface area (Å²) in [5.74, 6) is 0.536. The molecular formula is C22H23N3O3S. The highest BCUT2D eigenvalue weighted by molar-refractivity contribution is 7.16. The van der Waals surface area contributed by atoms with Crippen LogP contribution in [0.5, 0.6) is 5.75 Å². The van der Waals surface area contributed by atoms with E-state index in [1.54, 1.807) is 19.2 Å². The fourth-order valence-electron chi connectivity index (χ4n) is 2.79. The summed E-state index contributed by atoms with van der Waals surface area (Å²) in [5, 5.41) is 6.24. The summed E-state index contributed by atoms with van der Waals surface area (Å²) in [6.07, 6.45) is 0.867. The van der Waals surface area contributed by atoms with E-state index in [9.17, 15) is 9.59 Å². The number of carbonyl (C=O) groups is 2. The van der Waals surface area contributed by atoms with Crippen molar-refractivity contribution < 1.29 is 14.3 Å². The van der Waals surface area contributed by atoms with Crippen LogP contribution in [0, 0.1) is 6.92 Å². The number of thiazole rings is 1. The Morgan fingerprint density at radius 2 is 1.79 bits per heavy atom. The number of rotatable bonds is 8. The molecule has 0 saturated heterocycles. The molecule has 0 unspecified atom stereocenters. The van der Waals surface area contributed by atoms with Gasteiger partial charge in [0.25, 0.3) is 5.91 Å². The van der Waals surface area contributed by atoms with Gasteiger partial charge in [-0.3, -0.25) is 9.59 Å². The molecule has 2 N–H and O–H groups in total. The van der Waals surface area contributed by atoms with Crippen molar-refractivity contribution >= 4 is 28.3 Å². The molecule has 2 amide bonds. The lowest BCUT2D eigenvalue weighted by Crippen LogP contribution is -2.25. The summed E-state index contributed by atoms with van der Waals surface area (Å²) >= 11 is 1.44. The van der Waals surface area contributed by atoms with E-state index >= 15 is 0 Å². The molecule has 2 aromatic carbocycles. The zero-order chi connectivity index (χ0) is 20.6. The van der Waals surface area contributed by atoms with Crippen molar-refractivity contribution in [3.8, 4) is 17.0 Å². The molecule has 29 heavy (non-hydrogen) atoms. The first kappa shape index (κ1) is 20.5. The van der Waals surface area contributed by atoms with E-state index in [0.717, 1.165) is 21.9 Å². The number of hydrogen-bond acceptors (Lipinski definition) is 5. The fourth-order valence-corrected chi connectivity index (χ4v) is 3.64. The second kappa shape index (κ2) is 9.84. The number of amides is 2.